The van der Waals surface area contributed by atoms with Gasteiger partial charge in [-0.25, -0.2) is 4.79 Å². The molecule has 3 aromatic rings. The van der Waals surface area contributed by atoms with Crippen molar-refractivity contribution < 1.29 is 14.3 Å². The Morgan fingerprint density at radius 2 is 1.76 bits per heavy atom. The number of benzene rings is 2. The summed E-state index contributed by atoms with van der Waals surface area (Å²) in [5.74, 6) is -0.526. The molecule has 0 spiro atoms. The minimum Gasteiger partial charge on any atom is -0.508 e. The molecule has 11 heteroatoms. The Labute approximate surface area is 184 Å². The third-order valence-electron chi connectivity index (χ3n) is 3.73. The Hall–Kier alpha value is -2.52. The fourth-order valence-electron chi connectivity index (χ4n) is 2.51. The first kappa shape index (κ1) is 21.2. The lowest BCUT2D eigenvalue weighted by Gasteiger charge is -2.14. The van der Waals surface area contributed by atoms with Gasteiger partial charge in [0.2, 0.25) is 5.91 Å². The normalized spacial score (nSPS) is 10.6. The van der Waals surface area contributed by atoms with Gasteiger partial charge in [-0.3, -0.25) is 15.6 Å². The van der Waals surface area contributed by atoms with Crippen LogP contribution in [-0.4, -0.2) is 16.1 Å². The van der Waals surface area contributed by atoms with Crippen molar-refractivity contribution in [2.45, 2.75) is 6.42 Å². The predicted octanol–water partition coefficient (Wildman–Crippen LogP) is 4.02. The number of nitrogens with one attached hydrogen (secondary N) is 3. The van der Waals surface area contributed by atoms with E-state index < -0.39 is 11.5 Å². The van der Waals surface area contributed by atoms with Gasteiger partial charge in [0, 0.05) is 22.5 Å². The Bertz CT molecular complexity index is 1160. The number of phenolic OH excluding ortho intramolecular Hbond substituents is 1. The van der Waals surface area contributed by atoms with Crippen LogP contribution >= 0.6 is 47.0 Å². The van der Waals surface area contributed by atoms with Crippen LogP contribution in [0.2, 0.25) is 15.1 Å². The van der Waals surface area contributed by atoms with Gasteiger partial charge in [-0.1, -0.05) is 34.8 Å². The number of halogens is 3. The topological polar surface area (TPSA) is 104 Å². The molecule has 3 rings (SSSR count). The van der Waals surface area contributed by atoms with E-state index in [9.17, 15) is 14.7 Å². The highest BCUT2D eigenvalue weighted by Crippen LogP contribution is 2.33. The standard InChI is InChI=1S/C18H12Cl3N3O4S/c19-9-5-12(20)17(13(21)6-9)22-18(29)24-23-15(26)3-8-4-16(27)28-14-7-10(25)1-2-11(8)14/h1-2,4-7,25H,3H2,(H,23,26)(H2,22,24,29). The number of phenols is 1. The zero-order valence-electron chi connectivity index (χ0n) is 14.4. The van der Waals surface area contributed by atoms with Crippen LogP contribution in [0, 0.1) is 0 Å². The van der Waals surface area contributed by atoms with Crippen LogP contribution in [0.1, 0.15) is 5.56 Å². The number of anilines is 1. The van der Waals surface area contributed by atoms with Gasteiger partial charge in [0.15, 0.2) is 5.11 Å². The SMILES string of the molecule is O=C(Cc1cc(=O)oc2cc(O)ccc12)NNC(=S)Nc1c(Cl)cc(Cl)cc1Cl. The highest BCUT2D eigenvalue weighted by Gasteiger charge is 2.12. The lowest BCUT2D eigenvalue weighted by atomic mass is 10.1. The van der Waals surface area contributed by atoms with Gasteiger partial charge >= 0.3 is 5.63 Å². The summed E-state index contributed by atoms with van der Waals surface area (Å²) < 4.78 is 5.03. The van der Waals surface area contributed by atoms with Crippen molar-refractivity contribution in [1.82, 2.24) is 10.9 Å². The average Bonchev–Trinajstić information content (AvgIpc) is 2.62. The molecule has 4 N–H and O–H groups in total. The first-order chi connectivity index (χ1) is 13.7. The maximum absolute atomic E-state index is 12.3. The Balaban J connectivity index is 1.66. The molecule has 7 nitrogen and oxygen atoms in total. The lowest BCUT2D eigenvalue weighted by Crippen LogP contribution is -2.44. The van der Waals surface area contributed by atoms with E-state index in [2.05, 4.69) is 16.2 Å². The van der Waals surface area contributed by atoms with Gasteiger partial charge in [0.05, 0.1) is 22.2 Å². The number of rotatable bonds is 3. The fraction of sp³-hybridized carbons (Fsp3) is 0.0556. The third kappa shape index (κ3) is 5.30. The summed E-state index contributed by atoms with van der Waals surface area (Å²) in [5, 5.41) is 13.7. The van der Waals surface area contributed by atoms with E-state index in [4.69, 9.17) is 51.4 Å². The molecule has 29 heavy (non-hydrogen) atoms. The van der Waals surface area contributed by atoms with Gasteiger partial charge < -0.3 is 14.8 Å². The smallest absolute Gasteiger partial charge is 0.336 e. The molecule has 2 aromatic carbocycles. The maximum Gasteiger partial charge on any atom is 0.336 e. The van der Waals surface area contributed by atoms with Gasteiger partial charge in [-0.15, -0.1) is 0 Å². The third-order valence-corrected chi connectivity index (χ3v) is 4.74. The Kier molecular flexibility index (Phi) is 6.49. The molecule has 0 saturated carbocycles. The van der Waals surface area contributed by atoms with Crippen LogP contribution in [0.3, 0.4) is 0 Å². The second kappa shape index (κ2) is 8.87. The zero-order chi connectivity index (χ0) is 21.1. The number of hydrogen-bond donors (Lipinski definition) is 4. The van der Waals surface area contributed by atoms with Crippen LogP contribution in [-0.2, 0) is 11.2 Å². The zero-order valence-corrected chi connectivity index (χ0v) is 17.5. The first-order valence-electron chi connectivity index (χ1n) is 7.99. The van der Waals surface area contributed by atoms with Crippen molar-refractivity contribution in [3.63, 3.8) is 0 Å². The molecule has 0 bridgehead atoms. The molecule has 0 aliphatic carbocycles. The van der Waals surface area contributed by atoms with Crippen molar-refractivity contribution in [3.8, 4) is 5.75 Å². The highest BCUT2D eigenvalue weighted by molar-refractivity contribution is 7.80. The molecular weight excluding hydrogens is 461 g/mol. The highest BCUT2D eigenvalue weighted by atomic mass is 35.5. The number of thiocarbonyl (C=S) groups is 1. The van der Waals surface area contributed by atoms with Crippen LogP contribution in [0.5, 0.6) is 5.75 Å². The molecule has 0 unspecified atom stereocenters. The molecule has 1 amide bonds. The lowest BCUT2D eigenvalue weighted by molar-refractivity contribution is -0.120. The molecule has 1 heterocycles. The van der Waals surface area contributed by atoms with Gasteiger partial charge in [-0.2, -0.15) is 0 Å². The largest absolute Gasteiger partial charge is 0.508 e. The summed E-state index contributed by atoms with van der Waals surface area (Å²) in [6.45, 7) is 0. The van der Waals surface area contributed by atoms with Crippen molar-refractivity contribution >= 4 is 74.7 Å². The molecule has 0 aliphatic heterocycles. The van der Waals surface area contributed by atoms with E-state index in [1.54, 1.807) is 6.07 Å². The number of fused-ring (bicyclic) bond motifs is 1. The summed E-state index contributed by atoms with van der Waals surface area (Å²) in [7, 11) is 0. The summed E-state index contributed by atoms with van der Waals surface area (Å²) in [6, 6.07) is 8.48. The Morgan fingerprint density at radius 1 is 1.07 bits per heavy atom. The maximum atomic E-state index is 12.3. The van der Waals surface area contributed by atoms with Crippen LogP contribution in [0.25, 0.3) is 11.0 Å². The molecule has 0 atom stereocenters. The second-order valence-corrected chi connectivity index (χ2v) is 7.48. The van der Waals surface area contributed by atoms with E-state index in [1.165, 1.54) is 30.3 Å². The van der Waals surface area contributed by atoms with E-state index in [0.29, 0.717) is 21.7 Å². The molecule has 0 radical (unpaired) electrons. The van der Waals surface area contributed by atoms with Gasteiger partial charge in [0.1, 0.15) is 11.3 Å². The number of carbonyl (C=O) groups excluding carboxylic acids is 1. The quantitative estimate of drug-likeness (QED) is 0.259. The molecule has 1 aromatic heterocycles. The van der Waals surface area contributed by atoms with Crippen molar-refractivity contribution in [1.29, 1.82) is 0 Å². The minimum absolute atomic E-state index is 0.0341. The molecule has 0 saturated heterocycles. The Morgan fingerprint density at radius 3 is 2.45 bits per heavy atom. The number of hydrazine groups is 1. The second-order valence-electron chi connectivity index (χ2n) is 5.82. The summed E-state index contributed by atoms with van der Waals surface area (Å²) in [5.41, 5.74) is 5.23. The molecule has 0 fully saturated rings. The van der Waals surface area contributed by atoms with Crippen LogP contribution in [0.4, 0.5) is 5.69 Å². The summed E-state index contributed by atoms with van der Waals surface area (Å²) in [6.07, 6.45) is -0.134. The van der Waals surface area contributed by atoms with Crippen LogP contribution < -0.4 is 21.8 Å². The molecule has 0 aliphatic rings. The monoisotopic (exact) mass is 471 g/mol. The van der Waals surface area contributed by atoms with Crippen molar-refractivity contribution in [2.75, 3.05) is 5.32 Å². The van der Waals surface area contributed by atoms with E-state index in [0.717, 1.165) is 0 Å². The number of amides is 1. The number of carbonyl (C=O) groups is 1. The van der Waals surface area contributed by atoms with Crippen molar-refractivity contribution in [2.24, 2.45) is 0 Å². The fourth-order valence-corrected chi connectivity index (χ4v) is 3.58. The first-order valence-corrected chi connectivity index (χ1v) is 9.53. The van der Waals surface area contributed by atoms with Crippen molar-refractivity contribution in [3.05, 3.63) is 67.4 Å². The number of hydrogen-bond acceptors (Lipinski definition) is 5. The van der Waals surface area contributed by atoms with E-state index >= 15 is 0 Å². The summed E-state index contributed by atoms with van der Waals surface area (Å²) in [4.78, 5) is 24.0. The minimum atomic E-state index is -0.636. The average molecular weight is 473 g/mol. The van der Waals surface area contributed by atoms with Crippen LogP contribution in [0.15, 0.2) is 45.6 Å². The van der Waals surface area contributed by atoms with Gasteiger partial charge in [0.25, 0.3) is 0 Å². The van der Waals surface area contributed by atoms with Gasteiger partial charge in [-0.05, 0) is 42.0 Å². The number of aromatic hydroxyl groups is 1. The molecular formula is C18H12Cl3N3O4S. The predicted molar refractivity (Wildman–Crippen MR) is 117 cm³/mol. The van der Waals surface area contributed by atoms with E-state index in [1.807, 2.05) is 0 Å². The van der Waals surface area contributed by atoms with E-state index in [-0.39, 0.29) is 32.9 Å². The molecule has 150 valence electrons. The summed E-state index contributed by atoms with van der Waals surface area (Å²) >= 11 is 23.1.